The minimum atomic E-state index is -3.44. The lowest BCUT2D eigenvalue weighted by atomic mass is 9.87. The number of hydrogen-bond acceptors (Lipinski definition) is 3. The van der Waals surface area contributed by atoms with Gasteiger partial charge in [0.25, 0.3) is 0 Å². The summed E-state index contributed by atoms with van der Waals surface area (Å²) < 4.78 is 27.2. The van der Waals surface area contributed by atoms with Crippen LogP contribution in [0.3, 0.4) is 0 Å². The summed E-state index contributed by atoms with van der Waals surface area (Å²) in [6.07, 6.45) is 11.7. The van der Waals surface area contributed by atoms with Crippen LogP contribution in [-0.4, -0.2) is 19.3 Å². The molecule has 0 aromatic heterocycles. The summed E-state index contributed by atoms with van der Waals surface area (Å²) in [6, 6.07) is 5.11. The van der Waals surface area contributed by atoms with Crippen LogP contribution in [0.4, 0.5) is 5.69 Å². The minimum Gasteiger partial charge on any atom is -0.506 e. The fraction of sp³-hybridized carbons (Fsp3) is 0.727. The second-order valence-corrected chi connectivity index (χ2v) is 10.4. The molecule has 5 heteroatoms. The zero-order valence-electron chi connectivity index (χ0n) is 17.7. The zero-order chi connectivity index (χ0) is 20.3. The summed E-state index contributed by atoms with van der Waals surface area (Å²) in [5.74, 6) is 0.0672. The maximum Gasteiger partial charge on any atom is 0.232 e. The lowest BCUT2D eigenvalue weighted by Gasteiger charge is -2.20. The highest BCUT2D eigenvalue weighted by molar-refractivity contribution is 7.92. The van der Waals surface area contributed by atoms with Crippen molar-refractivity contribution in [2.45, 2.75) is 97.3 Å². The molecule has 0 saturated heterocycles. The first-order valence-corrected chi connectivity index (χ1v) is 12.1. The molecule has 0 aliphatic heterocycles. The van der Waals surface area contributed by atoms with Crippen molar-refractivity contribution in [1.82, 2.24) is 0 Å². The molecule has 4 nitrogen and oxygen atoms in total. The van der Waals surface area contributed by atoms with Crippen molar-refractivity contribution >= 4 is 15.7 Å². The molecule has 0 unspecified atom stereocenters. The first kappa shape index (κ1) is 23.8. The van der Waals surface area contributed by atoms with Gasteiger partial charge in [-0.3, -0.25) is 4.72 Å². The second-order valence-electron chi connectivity index (χ2n) is 8.58. The van der Waals surface area contributed by atoms with E-state index in [9.17, 15) is 13.5 Å². The van der Waals surface area contributed by atoms with Gasteiger partial charge in [-0.15, -0.1) is 0 Å². The van der Waals surface area contributed by atoms with E-state index in [0.717, 1.165) is 18.4 Å². The Bertz CT molecular complexity index is 648. The van der Waals surface area contributed by atoms with E-state index < -0.39 is 10.0 Å². The van der Waals surface area contributed by atoms with Gasteiger partial charge in [0.15, 0.2) is 0 Å². The molecule has 0 amide bonds. The number of sulfonamides is 1. The van der Waals surface area contributed by atoms with Crippen molar-refractivity contribution in [1.29, 1.82) is 0 Å². The molecular formula is C22H39NO3S. The molecule has 0 fully saturated rings. The first-order valence-electron chi connectivity index (χ1n) is 10.5. The third-order valence-corrected chi connectivity index (χ3v) is 6.25. The van der Waals surface area contributed by atoms with Crippen molar-refractivity contribution < 1.29 is 13.5 Å². The molecule has 0 atom stereocenters. The number of nitrogens with one attached hydrogen (secondary N) is 1. The molecule has 0 aliphatic rings. The predicted octanol–water partition coefficient (Wildman–Crippen LogP) is 6.35. The smallest absolute Gasteiger partial charge is 0.232 e. The Morgan fingerprint density at radius 2 is 1.41 bits per heavy atom. The fourth-order valence-corrected chi connectivity index (χ4v) is 4.27. The van der Waals surface area contributed by atoms with Crippen LogP contribution in [0.2, 0.25) is 0 Å². The Morgan fingerprint density at radius 3 is 1.93 bits per heavy atom. The number of phenolic OH excluding ortho intramolecular Hbond substituents is 1. The molecule has 27 heavy (non-hydrogen) atoms. The maximum atomic E-state index is 12.3. The number of unbranched alkanes of at least 4 members (excludes halogenated alkanes) is 9. The highest BCUT2D eigenvalue weighted by Crippen LogP contribution is 2.31. The van der Waals surface area contributed by atoms with E-state index in [1.165, 1.54) is 44.9 Å². The van der Waals surface area contributed by atoms with Gasteiger partial charge < -0.3 is 5.11 Å². The maximum absolute atomic E-state index is 12.3. The number of hydrogen-bond donors (Lipinski definition) is 2. The molecule has 0 saturated carbocycles. The van der Waals surface area contributed by atoms with Gasteiger partial charge in [0.1, 0.15) is 5.75 Å². The van der Waals surface area contributed by atoms with Gasteiger partial charge in [-0.25, -0.2) is 8.42 Å². The Hall–Kier alpha value is -1.23. The molecule has 0 radical (unpaired) electrons. The van der Waals surface area contributed by atoms with Gasteiger partial charge in [-0.05, 0) is 29.5 Å². The standard InChI is InChI=1S/C22H39NO3S/c1-5-6-7-8-9-10-11-12-13-14-17-27(25,26)23-20-18-19(22(2,3)4)15-16-21(20)24/h15-16,18,23-24H,5-14,17H2,1-4H3. The van der Waals surface area contributed by atoms with Crippen LogP contribution in [-0.2, 0) is 15.4 Å². The Morgan fingerprint density at radius 1 is 0.889 bits per heavy atom. The van der Waals surface area contributed by atoms with Crippen LogP contribution >= 0.6 is 0 Å². The van der Waals surface area contributed by atoms with Crippen molar-refractivity contribution in [3.8, 4) is 5.75 Å². The van der Waals surface area contributed by atoms with Crippen molar-refractivity contribution in [3.63, 3.8) is 0 Å². The molecular weight excluding hydrogens is 358 g/mol. The van der Waals surface area contributed by atoms with Gasteiger partial charge >= 0.3 is 0 Å². The highest BCUT2D eigenvalue weighted by Gasteiger charge is 2.18. The largest absolute Gasteiger partial charge is 0.506 e. The van der Waals surface area contributed by atoms with Gasteiger partial charge in [0.2, 0.25) is 10.0 Å². The zero-order valence-corrected chi connectivity index (χ0v) is 18.5. The topological polar surface area (TPSA) is 66.4 Å². The quantitative estimate of drug-likeness (QED) is 0.301. The molecule has 1 aromatic carbocycles. The molecule has 0 aliphatic carbocycles. The lowest BCUT2D eigenvalue weighted by Crippen LogP contribution is -2.18. The Kier molecular flexibility index (Phi) is 10.2. The predicted molar refractivity (Wildman–Crippen MR) is 116 cm³/mol. The monoisotopic (exact) mass is 397 g/mol. The first-order chi connectivity index (χ1) is 12.7. The SMILES string of the molecule is CCCCCCCCCCCCS(=O)(=O)Nc1cc(C(C)(C)C)ccc1O. The van der Waals surface area contributed by atoms with Gasteiger partial charge in [0, 0.05) is 0 Å². The molecule has 1 aromatic rings. The van der Waals surface area contributed by atoms with Gasteiger partial charge in [-0.1, -0.05) is 91.5 Å². The third-order valence-electron chi connectivity index (χ3n) is 4.89. The summed E-state index contributed by atoms with van der Waals surface area (Å²) in [4.78, 5) is 0. The molecule has 156 valence electrons. The van der Waals surface area contributed by atoms with E-state index in [4.69, 9.17) is 0 Å². The summed E-state index contributed by atoms with van der Waals surface area (Å²) in [5.41, 5.74) is 1.15. The number of benzene rings is 1. The van der Waals surface area contributed by atoms with Crippen molar-refractivity contribution in [2.75, 3.05) is 10.5 Å². The molecule has 2 N–H and O–H groups in total. The van der Waals surface area contributed by atoms with Gasteiger partial charge in [0.05, 0.1) is 11.4 Å². The summed E-state index contributed by atoms with van der Waals surface area (Å²) in [7, 11) is -3.44. The van der Waals surface area contributed by atoms with Crippen LogP contribution in [0.15, 0.2) is 18.2 Å². The lowest BCUT2D eigenvalue weighted by molar-refractivity contribution is 0.476. The van der Waals surface area contributed by atoms with Crippen LogP contribution < -0.4 is 4.72 Å². The normalized spacial score (nSPS) is 12.3. The average molecular weight is 398 g/mol. The van der Waals surface area contributed by atoms with Gasteiger partial charge in [-0.2, -0.15) is 0 Å². The van der Waals surface area contributed by atoms with Crippen LogP contribution in [0.25, 0.3) is 0 Å². The number of anilines is 1. The Labute approximate surface area is 166 Å². The van der Waals surface area contributed by atoms with E-state index in [1.807, 2.05) is 6.07 Å². The Balaban J connectivity index is 2.34. The summed E-state index contributed by atoms with van der Waals surface area (Å²) in [5, 5.41) is 9.98. The van der Waals surface area contributed by atoms with E-state index >= 15 is 0 Å². The number of rotatable bonds is 13. The summed E-state index contributed by atoms with van der Waals surface area (Å²) in [6.45, 7) is 8.40. The molecule has 0 bridgehead atoms. The van der Waals surface area contributed by atoms with E-state index in [1.54, 1.807) is 12.1 Å². The number of aromatic hydroxyl groups is 1. The molecule has 1 rings (SSSR count). The van der Waals surface area contributed by atoms with E-state index in [0.29, 0.717) is 6.42 Å². The number of phenols is 1. The molecule has 0 spiro atoms. The van der Waals surface area contributed by atoms with Crippen LogP contribution in [0.5, 0.6) is 5.75 Å². The average Bonchev–Trinajstić information content (AvgIpc) is 2.57. The third kappa shape index (κ3) is 10.0. The minimum absolute atomic E-state index is 0.0327. The van der Waals surface area contributed by atoms with E-state index in [-0.39, 0.29) is 22.6 Å². The summed E-state index contributed by atoms with van der Waals surface area (Å²) >= 11 is 0. The van der Waals surface area contributed by atoms with Crippen molar-refractivity contribution in [3.05, 3.63) is 23.8 Å². The second kappa shape index (κ2) is 11.6. The van der Waals surface area contributed by atoms with Crippen LogP contribution in [0, 0.1) is 0 Å². The fourth-order valence-electron chi connectivity index (χ4n) is 3.08. The van der Waals surface area contributed by atoms with Crippen molar-refractivity contribution in [2.24, 2.45) is 0 Å². The highest BCUT2D eigenvalue weighted by atomic mass is 32.2. The molecule has 0 heterocycles. The van der Waals surface area contributed by atoms with Crippen LogP contribution in [0.1, 0.15) is 97.5 Å². The van der Waals surface area contributed by atoms with E-state index in [2.05, 4.69) is 32.4 Å².